The van der Waals surface area contributed by atoms with Gasteiger partial charge in [0.25, 0.3) is 29.5 Å². The van der Waals surface area contributed by atoms with Crippen molar-refractivity contribution >= 4 is 114 Å². The number of carbonyl (C=O) groups excluding carboxylic acids is 7. The molecule has 3 heterocycles. The first kappa shape index (κ1) is 47.3. The Kier molecular flexibility index (Phi) is 12.8. The summed E-state index contributed by atoms with van der Waals surface area (Å²) in [4.78, 5) is 110. The van der Waals surface area contributed by atoms with Crippen molar-refractivity contribution in [2.45, 2.75) is 40.7 Å². The van der Waals surface area contributed by atoms with Crippen molar-refractivity contribution in [1.29, 1.82) is 0 Å². The highest BCUT2D eigenvalue weighted by atomic mass is 32.1. The van der Waals surface area contributed by atoms with Crippen molar-refractivity contribution in [3.05, 3.63) is 141 Å². The number of amides is 5. The van der Waals surface area contributed by atoms with Crippen molar-refractivity contribution in [3.8, 4) is 0 Å². The van der Waals surface area contributed by atoms with Gasteiger partial charge in [-0.25, -0.2) is 4.57 Å². The van der Waals surface area contributed by atoms with E-state index in [9.17, 15) is 38.1 Å². The van der Waals surface area contributed by atoms with Crippen LogP contribution in [0, 0.1) is 6.92 Å². The zero-order chi connectivity index (χ0) is 47.5. The zero-order valence-electron chi connectivity index (χ0n) is 36.2. The minimum atomic E-state index is -4.62. The van der Waals surface area contributed by atoms with Gasteiger partial charge in [-0.05, 0) is 107 Å². The third-order valence-electron chi connectivity index (χ3n) is 11.8. The molecule has 0 spiro atoms. The van der Waals surface area contributed by atoms with E-state index in [4.69, 9.17) is 14.5 Å². The second-order valence-electron chi connectivity index (χ2n) is 16.3. The molecule has 0 saturated carbocycles. The number of imide groups is 2. The van der Waals surface area contributed by atoms with Crippen LogP contribution in [0.4, 0.5) is 0 Å². The third-order valence-corrected chi connectivity index (χ3v) is 13.4. The number of phosphoric ester groups is 1. The molecule has 0 bridgehead atoms. The lowest BCUT2D eigenvalue weighted by Crippen LogP contribution is -2.43. The molecule has 8 aromatic rings. The summed E-state index contributed by atoms with van der Waals surface area (Å²) in [5.41, 5.74) is 3.30. The molecule has 15 nitrogen and oxygen atoms in total. The molecule has 0 fully saturated rings. The summed E-state index contributed by atoms with van der Waals surface area (Å²) in [7, 11) is -4.62. The van der Waals surface area contributed by atoms with Crippen LogP contribution in [0.1, 0.15) is 83.5 Å². The smallest absolute Gasteiger partial charge is 0.465 e. The van der Waals surface area contributed by atoms with Crippen LogP contribution in [0.5, 0.6) is 0 Å². The number of Topliss-reactive ketones (excluding diaryl/α,β-unsaturated/α-hetero) is 1. The van der Waals surface area contributed by atoms with Crippen LogP contribution in [0.2, 0.25) is 0 Å². The Balaban J connectivity index is 0.000000196. The number of aryl methyl sites for hydroxylation is 1. The molecule has 3 N–H and O–H groups in total. The number of hydrogen-bond acceptors (Lipinski definition) is 11. The van der Waals surface area contributed by atoms with Gasteiger partial charge in [0, 0.05) is 37.7 Å². The molecule has 0 aliphatic carbocycles. The highest BCUT2D eigenvalue weighted by Crippen LogP contribution is 2.46. The van der Waals surface area contributed by atoms with E-state index >= 15 is 0 Å². The number of nitrogens with one attached hydrogen (secondary N) is 1. The van der Waals surface area contributed by atoms with Gasteiger partial charge in [-0.3, -0.25) is 47.9 Å². The highest BCUT2D eigenvalue weighted by molar-refractivity contribution is 7.46. The van der Waals surface area contributed by atoms with Crippen molar-refractivity contribution < 1.29 is 57.2 Å². The van der Waals surface area contributed by atoms with E-state index in [0.717, 1.165) is 63.3 Å². The maximum Gasteiger partial charge on any atom is 0.469 e. The topological polar surface area (TPSA) is 214 Å². The molecule has 10 rings (SSSR count). The van der Waals surface area contributed by atoms with Gasteiger partial charge in [-0.1, -0.05) is 79.7 Å². The van der Waals surface area contributed by atoms with Crippen LogP contribution >= 0.6 is 19.2 Å². The van der Waals surface area contributed by atoms with Crippen LogP contribution in [0.25, 0.3) is 53.2 Å². The van der Waals surface area contributed by atoms with Gasteiger partial charge >= 0.3 is 13.8 Å². The standard InChI is InChI=1S/C31H20N2O7.C19H20NO5PS.CH4/c1-3-40-23(35)13-33-30(38)21-10-6-17-15-4-8-19-26-20(29(37)32(28(19)36)12-14(2)34)9-5-16(24(15)26)18-7-11-22(31(33)39)27(21)25(17)18;1-13-5-4-6-14(9-13)10-16(12-25-26(22,23)24)20-19(21)18-11-15-7-2-3-8-17(15)27-18;/h4-11H,3,12-13H2,1-2H3;2-9,11,16H,10,12H2,1H3,(H,20,21)(H2,22,23,24);1H4/t;16-;/m.1./s1. The molecule has 2 aliphatic rings. The van der Waals surface area contributed by atoms with Crippen molar-refractivity contribution in [2.24, 2.45) is 0 Å². The summed E-state index contributed by atoms with van der Waals surface area (Å²) < 4.78 is 21.7. The fourth-order valence-corrected chi connectivity index (χ4v) is 10.4. The van der Waals surface area contributed by atoms with Gasteiger partial charge in [-0.2, -0.15) is 0 Å². The number of thiophene rings is 1. The Morgan fingerprint density at radius 2 is 1.21 bits per heavy atom. The number of benzene rings is 7. The van der Waals surface area contributed by atoms with Crippen LogP contribution in [-0.2, 0) is 29.8 Å². The van der Waals surface area contributed by atoms with Gasteiger partial charge in [0.15, 0.2) is 0 Å². The fraction of sp³-hybridized carbons (Fsp3) is 0.196. The summed E-state index contributed by atoms with van der Waals surface area (Å²) >= 11 is 1.37. The first-order chi connectivity index (χ1) is 32.0. The summed E-state index contributed by atoms with van der Waals surface area (Å²) in [6.07, 6.45) is 0.401. The van der Waals surface area contributed by atoms with Crippen molar-refractivity contribution in [3.63, 3.8) is 0 Å². The van der Waals surface area contributed by atoms with E-state index in [1.165, 1.54) is 18.3 Å². The maximum absolute atomic E-state index is 13.4. The van der Waals surface area contributed by atoms with Gasteiger partial charge in [0.1, 0.15) is 12.3 Å². The van der Waals surface area contributed by atoms with Crippen LogP contribution in [0.15, 0.2) is 103 Å². The minimum Gasteiger partial charge on any atom is -0.465 e. The van der Waals surface area contributed by atoms with E-state index in [-0.39, 0.29) is 38.9 Å². The molecule has 17 heteroatoms. The van der Waals surface area contributed by atoms with E-state index in [0.29, 0.717) is 44.3 Å². The molecule has 0 saturated heterocycles. The Morgan fingerprint density at radius 1 is 0.691 bits per heavy atom. The summed E-state index contributed by atoms with van der Waals surface area (Å²) in [5, 5.41) is 9.35. The quantitative estimate of drug-likeness (QED) is 0.0346. The first-order valence-corrected chi connectivity index (χ1v) is 23.5. The summed E-state index contributed by atoms with van der Waals surface area (Å²) in [6.45, 7) is 4.01. The van der Waals surface area contributed by atoms with Gasteiger partial charge in [-0.15, -0.1) is 11.3 Å². The van der Waals surface area contributed by atoms with Crippen LogP contribution in [-0.4, -0.2) is 93.2 Å². The van der Waals surface area contributed by atoms with E-state index in [1.54, 1.807) is 55.5 Å². The number of rotatable bonds is 12. The molecular weight excluding hydrogens is 910 g/mol. The van der Waals surface area contributed by atoms with Gasteiger partial charge in [0.05, 0.1) is 30.7 Å². The first-order valence-electron chi connectivity index (χ1n) is 21.2. The Hall–Kier alpha value is -7.20. The molecule has 5 amide bonds. The largest absolute Gasteiger partial charge is 0.469 e. The molecule has 1 aromatic heterocycles. The molecule has 68 heavy (non-hydrogen) atoms. The highest BCUT2D eigenvalue weighted by Gasteiger charge is 2.38. The summed E-state index contributed by atoms with van der Waals surface area (Å²) in [6, 6.07) is 30.5. The van der Waals surface area contributed by atoms with Gasteiger partial charge < -0.3 is 19.8 Å². The number of esters is 1. The molecule has 0 unspecified atom stereocenters. The number of hydrogen-bond donors (Lipinski definition) is 3. The zero-order valence-corrected chi connectivity index (χ0v) is 37.9. The molecule has 1 atom stereocenters. The lowest BCUT2D eigenvalue weighted by molar-refractivity contribution is -0.143. The number of nitrogens with zero attached hydrogens (tertiary/aromatic N) is 2. The molecular formula is C51H44N3O12PS. The van der Waals surface area contributed by atoms with Crippen molar-refractivity contribution in [2.75, 3.05) is 26.3 Å². The molecule has 2 aliphatic heterocycles. The fourth-order valence-electron chi connectivity index (χ4n) is 9.03. The minimum absolute atomic E-state index is 0. The average Bonchev–Trinajstić information content (AvgIpc) is 3.74. The second-order valence-corrected chi connectivity index (χ2v) is 18.7. The number of carbonyl (C=O) groups is 7. The molecule has 346 valence electrons. The Bertz CT molecular complexity index is 3330. The SMILES string of the molecule is C.CCOC(=O)CN1C(=O)c2ccc3c4ccc5c6c(ccc(c7ccc(c2c37)C1=O)c64)C(=O)N(CC(C)=O)C5=O.Cc1cccc(C[C@H](COP(=O)(O)O)NC(=O)c2cc3ccccc3s2)c1. The number of ketones is 1. The average molecular weight is 954 g/mol. The van der Waals surface area contributed by atoms with Gasteiger partial charge in [0.2, 0.25) is 0 Å². The summed E-state index contributed by atoms with van der Waals surface area (Å²) in [5.74, 6) is -3.45. The Labute approximate surface area is 392 Å². The monoisotopic (exact) mass is 953 g/mol. The second kappa shape index (κ2) is 18.5. The van der Waals surface area contributed by atoms with Crippen LogP contribution < -0.4 is 5.32 Å². The lowest BCUT2D eigenvalue weighted by atomic mass is 9.82. The van der Waals surface area contributed by atoms with Crippen molar-refractivity contribution in [1.82, 2.24) is 15.1 Å². The van der Waals surface area contributed by atoms with E-state index in [1.807, 2.05) is 61.5 Å². The van der Waals surface area contributed by atoms with Crippen LogP contribution in [0.3, 0.4) is 0 Å². The lowest BCUT2D eigenvalue weighted by Gasteiger charge is -2.29. The predicted molar refractivity (Wildman–Crippen MR) is 258 cm³/mol. The normalized spacial score (nSPS) is 13.8. The Morgan fingerprint density at radius 3 is 1.68 bits per heavy atom. The number of phosphoric acid groups is 1. The predicted octanol–water partition coefficient (Wildman–Crippen LogP) is 8.38. The number of ether oxygens (including phenoxy) is 1. The molecule has 0 radical (unpaired) electrons. The number of fused-ring (bicyclic) bond motifs is 3. The third kappa shape index (κ3) is 8.64. The maximum atomic E-state index is 13.4. The molecule has 7 aromatic carbocycles. The van der Waals surface area contributed by atoms with E-state index in [2.05, 4.69) is 9.84 Å². The van der Waals surface area contributed by atoms with E-state index < -0.39 is 50.0 Å².